The van der Waals surface area contributed by atoms with Crippen molar-refractivity contribution in [3.63, 3.8) is 0 Å². The van der Waals surface area contributed by atoms with Gasteiger partial charge in [0, 0.05) is 0 Å². The molecule has 0 aliphatic heterocycles. The van der Waals surface area contributed by atoms with Crippen molar-refractivity contribution in [1.82, 2.24) is 0 Å². The second-order valence-corrected chi connectivity index (χ2v) is 6.38. The van der Waals surface area contributed by atoms with E-state index in [0.29, 0.717) is 16.8 Å². The van der Waals surface area contributed by atoms with E-state index in [0.717, 1.165) is 64.5 Å². The summed E-state index contributed by atoms with van der Waals surface area (Å²) in [5.41, 5.74) is 0. The Balaban J connectivity index is 4.86. The highest BCUT2D eigenvalue weighted by Gasteiger charge is 2.28. The molecule has 0 unspecified atom stereocenters. The number of carbonyl (C=O) groups excluding carboxylic acids is 1. The van der Waals surface area contributed by atoms with E-state index in [-0.39, 0.29) is 6.54 Å². The molecule has 0 radical (unpaired) electrons. The zero-order chi connectivity index (χ0) is 16.8. The van der Waals surface area contributed by atoms with Gasteiger partial charge in [-0.2, -0.15) is 0 Å². The second kappa shape index (κ2) is 12.5. The van der Waals surface area contributed by atoms with Gasteiger partial charge in [-0.25, -0.2) is 0 Å². The first-order chi connectivity index (χ1) is 10.5. The minimum atomic E-state index is -1.02. The molecule has 0 bridgehead atoms. The van der Waals surface area contributed by atoms with Crippen LogP contribution in [0.25, 0.3) is 0 Å². The van der Waals surface area contributed by atoms with Gasteiger partial charge >= 0.3 is 0 Å². The van der Waals surface area contributed by atoms with E-state index in [1.807, 2.05) is 6.08 Å². The summed E-state index contributed by atoms with van der Waals surface area (Å²) in [6.07, 6.45) is 10.1. The number of allylic oxidation sites excluding steroid dienone is 1. The summed E-state index contributed by atoms with van der Waals surface area (Å²) in [5, 5.41) is 21.4. The van der Waals surface area contributed by atoms with Crippen molar-refractivity contribution in [3.05, 3.63) is 11.8 Å². The summed E-state index contributed by atoms with van der Waals surface area (Å²) < 4.78 is 0.417. The minimum Gasteiger partial charge on any atom is -0.544 e. The van der Waals surface area contributed by atoms with E-state index in [1.54, 1.807) is 0 Å². The first-order valence-electron chi connectivity index (χ1n) is 8.92. The maximum atomic E-state index is 11.2. The first kappa shape index (κ1) is 21.0. The molecule has 0 aromatic heterocycles. The fourth-order valence-electron chi connectivity index (χ4n) is 2.82. The van der Waals surface area contributed by atoms with Gasteiger partial charge in [0.2, 0.25) is 0 Å². The Morgan fingerprint density at radius 3 is 1.95 bits per heavy atom. The van der Waals surface area contributed by atoms with Crippen LogP contribution < -0.4 is 5.11 Å². The van der Waals surface area contributed by atoms with Crippen LogP contribution in [0, 0.1) is 0 Å². The monoisotopic (exact) mass is 313 g/mol. The minimum absolute atomic E-state index is 0.00708. The van der Waals surface area contributed by atoms with Gasteiger partial charge in [-0.1, -0.05) is 46.5 Å². The Labute approximate surface area is 136 Å². The lowest BCUT2D eigenvalue weighted by Gasteiger charge is -2.39. The van der Waals surface area contributed by atoms with Crippen LogP contribution in [0.5, 0.6) is 0 Å². The Hall–Kier alpha value is -1.03. The third kappa shape index (κ3) is 9.82. The van der Waals surface area contributed by atoms with Crippen LogP contribution in [-0.2, 0) is 4.79 Å². The highest BCUT2D eigenvalue weighted by Crippen LogP contribution is 2.16. The SMILES string of the molecule is CCCCC/C=C(\O)C[N+](CCCC)(CCCC)CC(=O)[O-]. The Kier molecular flexibility index (Phi) is 11.9. The highest BCUT2D eigenvalue weighted by molar-refractivity contribution is 5.65. The number of carbonyl (C=O) groups is 1. The smallest absolute Gasteiger partial charge is 0.143 e. The Morgan fingerprint density at radius 1 is 0.955 bits per heavy atom. The molecule has 0 aromatic rings. The molecular weight excluding hydrogens is 278 g/mol. The summed E-state index contributed by atoms with van der Waals surface area (Å²) in [4.78, 5) is 11.2. The van der Waals surface area contributed by atoms with Crippen LogP contribution in [0.15, 0.2) is 11.8 Å². The number of unbranched alkanes of at least 4 members (excludes halogenated alkanes) is 5. The number of carboxylic acid groups (broad SMARTS) is 1. The van der Waals surface area contributed by atoms with Gasteiger partial charge in [-0.15, -0.1) is 0 Å². The molecule has 1 N–H and O–H groups in total. The van der Waals surface area contributed by atoms with Gasteiger partial charge in [-0.3, -0.25) is 0 Å². The summed E-state index contributed by atoms with van der Waals surface area (Å²) in [7, 11) is 0. The fraction of sp³-hybridized carbons (Fsp3) is 0.833. The molecule has 0 aliphatic rings. The second-order valence-electron chi connectivity index (χ2n) is 6.38. The lowest BCUT2D eigenvalue weighted by Crippen LogP contribution is -2.56. The molecule has 22 heavy (non-hydrogen) atoms. The largest absolute Gasteiger partial charge is 0.544 e. The average molecular weight is 313 g/mol. The van der Waals surface area contributed by atoms with E-state index >= 15 is 0 Å². The van der Waals surface area contributed by atoms with Crippen LogP contribution in [0.3, 0.4) is 0 Å². The molecule has 0 aliphatic carbocycles. The van der Waals surface area contributed by atoms with Crippen LogP contribution in [0.1, 0.15) is 72.1 Å². The first-order valence-corrected chi connectivity index (χ1v) is 8.92. The number of aliphatic hydroxyl groups excluding tert-OH is 1. The summed E-state index contributed by atoms with van der Waals surface area (Å²) in [6, 6.07) is 0. The lowest BCUT2D eigenvalue weighted by molar-refractivity contribution is -0.920. The average Bonchev–Trinajstić information content (AvgIpc) is 2.47. The van der Waals surface area contributed by atoms with Gasteiger partial charge in [0.1, 0.15) is 18.8 Å². The zero-order valence-electron chi connectivity index (χ0n) is 14.8. The molecule has 4 nitrogen and oxygen atoms in total. The Morgan fingerprint density at radius 2 is 1.50 bits per heavy atom. The molecule has 0 amide bonds. The molecule has 0 rings (SSSR count). The van der Waals surface area contributed by atoms with Gasteiger partial charge in [0.05, 0.1) is 19.1 Å². The van der Waals surface area contributed by atoms with Crippen molar-refractivity contribution >= 4 is 5.97 Å². The quantitative estimate of drug-likeness (QED) is 0.304. The number of nitrogens with zero attached hydrogens (tertiary/aromatic N) is 1. The van der Waals surface area contributed by atoms with Gasteiger partial charge in [0.15, 0.2) is 0 Å². The van der Waals surface area contributed by atoms with Crippen molar-refractivity contribution in [1.29, 1.82) is 0 Å². The lowest BCUT2D eigenvalue weighted by atomic mass is 10.1. The topological polar surface area (TPSA) is 60.4 Å². The third-order valence-electron chi connectivity index (χ3n) is 4.12. The van der Waals surface area contributed by atoms with Gasteiger partial charge < -0.3 is 19.5 Å². The van der Waals surface area contributed by atoms with E-state index in [4.69, 9.17) is 0 Å². The number of aliphatic hydroxyl groups is 1. The normalized spacial score (nSPS) is 12.6. The van der Waals surface area contributed by atoms with E-state index in [1.165, 1.54) is 0 Å². The Bertz CT molecular complexity index is 318. The molecule has 0 saturated heterocycles. The van der Waals surface area contributed by atoms with Crippen molar-refractivity contribution in [2.75, 3.05) is 26.2 Å². The maximum absolute atomic E-state index is 11.2. The molecule has 0 atom stereocenters. The van der Waals surface area contributed by atoms with Crippen LogP contribution in [0.2, 0.25) is 0 Å². The van der Waals surface area contributed by atoms with Crippen molar-refractivity contribution < 1.29 is 19.5 Å². The number of rotatable bonds is 14. The zero-order valence-corrected chi connectivity index (χ0v) is 14.8. The molecule has 0 saturated carbocycles. The fourth-order valence-corrected chi connectivity index (χ4v) is 2.82. The van der Waals surface area contributed by atoms with E-state index in [2.05, 4.69) is 20.8 Å². The highest BCUT2D eigenvalue weighted by atomic mass is 16.4. The number of hydrogen-bond donors (Lipinski definition) is 1. The standard InChI is InChI=1S/C18H35NO3/c1-4-7-10-11-12-17(20)15-19(13-8-5-2,14-9-6-3)16-18(21)22/h12H,4-11,13-16H2,1-3H3,(H-,20,21,22)/b17-12-. The molecular formula is C18H35NO3. The molecule has 4 heteroatoms. The van der Waals surface area contributed by atoms with Crippen LogP contribution >= 0.6 is 0 Å². The molecule has 130 valence electrons. The van der Waals surface area contributed by atoms with Gasteiger partial charge in [-0.05, 0) is 31.8 Å². The number of hydrogen-bond acceptors (Lipinski definition) is 3. The number of quaternary nitrogens is 1. The molecule has 0 fully saturated rings. The van der Waals surface area contributed by atoms with Crippen LogP contribution in [0.4, 0.5) is 0 Å². The molecule has 0 spiro atoms. The predicted molar refractivity (Wildman–Crippen MR) is 89.4 cm³/mol. The van der Waals surface area contributed by atoms with E-state index < -0.39 is 5.97 Å². The van der Waals surface area contributed by atoms with E-state index in [9.17, 15) is 15.0 Å². The third-order valence-corrected chi connectivity index (χ3v) is 4.12. The summed E-state index contributed by atoms with van der Waals surface area (Å²) >= 11 is 0. The number of carboxylic acids is 1. The van der Waals surface area contributed by atoms with Gasteiger partial charge in [0.25, 0.3) is 0 Å². The maximum Gasteiger partial charge on any atom is 0.143 e. The van der Waals surface area contributed by atoms with Crippen molar-refractivity contribution in [2.24, 2.45) is 0 Å². The molecule has 0 heterocycles. The van der Waals surface area contributed by atoms with Crippen molar-refractivity contribution in [2.45, 2.75) is 72.1 Å². The summed E-state index contributed by atoms with van der Waals surface area (Å²) in [6.45, 7) is 8.35. The molecule has 0 aromatic carbocycles. The van der Waals surface area contributed by atoms with Crippen molar-refractivity contribution in [3.8, 4) is 0 Å². The number of aliphatic carboxylic acids is 1. The predicted octanol–water partition coefficient (Wildman–Crippen LogP) is 3.18. The summed E-state index contributed by atoms with van der Waals surface area (Å²) in [5.74, 6) is -0.685. The van der Waals surface area contributed by atoms with Crippen LogP contribution in [-0.4, -0.2) is 41.7 Å².